The van der Waals surface area contributed by atoms with Crippen LogP contribution >= 0.6 is 0 Å². The van der Waals surface area contributed by atoms with Gasteiger partial charge in [-0.3, -0.25) is 4.79 Å². The molecule has 0 fully saturated rings. The van der Waals surface area contributed by atoms with Crippen LogP contribution in [0.4, 0.5) is 5.69 Å². The lowest BCUT2D eigenvalue weighted by Crippen LogP contribution is -2.43. The van der Waals surface area contributed by atoms with Crippen LogP contribution in [-0.4, -0.2) is 50.5 Å². The number of hydrogen-bond acceptors (Lipinski definition) is 5. The molecule has 1 amide bonds. The Labute approximate surface area is 129 Å². The number of benzene rings is 1. The molecular weight excluding hydrogens is 284 g/mol. The maximum Gasteiger partial charge on any atom is 0.247 e. The molecule has 0 aromatic heterocycles. The molecule has 0 spiro atoms. The van der Waals surface area contributed by atoms with Crippen molar-refractivity contribution >= 4 is 11.6 Å². The molecule has 1 atom stereocenters. The van der Waals surface area contributed by atoms with Crippen molar-refractivity contribution in [3.05, 3.63) is 23.8 Å². The first-order valence-electron chi connectivity index (χ1n) is 7.11. The van der Waals surface area contributed by atoms with Crippen molar-refractivity contribution in [2.45, 2.75) is 12.5 Å². The number of carbonyl (C=O) groups is 1. The van der Waals surface area contributed by atoms with Crippen LogP contribution in [0.3, 0.4) is 0 Å². The third kappa shape index (κ3) is 3.98. The van der Waals surface area contributed by atoms with Gasteiger partial charge in [0.25, 0.3) is 0 Å². The molecule has 0 unspecified atom stereocenters. The Bertz CT molecular complexity index is 592. The molecule has 1 aromatic rings. The van der Waals surface area contributed by atoms with Gasteiger partial charge in [0.1, 0.15) is 18.4 Å². The number of nitrogens with two attached hydrogens (primary N) is 1. The maximum atomic E-state index is 12.0. The van der Waals surface area contributed by atoms with E-state index in [1.807, 2.05) is 12.1 Å². The minimum atomic E-state index is -0.657. The molecule has 1 heterocycles. The van der Waals surface area contributed by atoms with E-state index in [1.54, 1.807) is 13.1 Å². The first-order chi connectivity index (χ1) is 10.6. The van der Waals surface area contributed by atoms with Crippen LogP contribution in [0.2, 0.25) is 0 Å². The minimum absolute atomic E-state index is 0.0146. The van der Waals surface area contributed by atoms with Crippen molar-refractivity contribution in [3.63, 3.8) is 0 Å². The number of anilines is 1. The summed E-state index contributed by atoms with van der Waals surface area (Å²) in [5.41, 5.74) is 7.21. The smallest absolute Gasteiger partial charge is 0.247 e. The highest BCUT2D eigenvalue weighted by molar-refractivity contribution is 5.98. The maximum absolute atomic E-state index is 12.0. The van der Waals surface area contributed by atoms with E-state index in [-0.39, 0.29) is 19.1 Å². The molecule has 3 N–H and O–H groups in total. The molecule has 1 aliphatic rings. The first-order valence-corrected chi connectivity index (χ1v) is 7.11. The normalized spacial score (nSPS) is 17.1. The molecule has 1 aliphatic heterocycles. The highest BCUT2D eigenvalue weighted by Crippen LogP contribution is 2.31. The molecule has 0 saturated heterocycles. The summed E-state index contributed by atoms with van der Waals surface area (Å²) in [6.07, 6.45) is 0.577. The van der Waals surface area contributed by atoms with Crippen LogP contribution in [-0.2, 0) is 9.53 Å². The van der Waals surface area contributed by atoms with Crippen LogP contribution < -0.4 is 15.4 Å². The Balaban J connectivity index is 2.08. The van der Waals surface area contributed by atoms with E-state index < -0.39 is 6.04 Å². The van der Waals surface area contributed by atoms with Crippen molar-refractivity contribution < 1.29 is 19.4 Å². The fraction of sp³-hybridized carbons (Fsp3) is 0.438. The summed E-state index contributed by atoms with van der Waals surface area (Å²) < 4.78 is 10.7. The standard InChI is InChI=1S/C16H20N2O4/c1-18-14-10-12(4-2-3-8-21-9-7-19)5-6-15(14)22-11-13(17)16(18)20/h5-6,10,13,19H,3,7-9,11,17H2,1H3/t13-/m0/s1. The summed E-state index contributed by atoms with van der Waals surface area (Å²) >= 11 is 0. The fourth-order valence-corrected chi connectivity index (χ4v) is 2.05. The average Bonchev–Trinajstić information content (AvgIpc) is 2.63. The molecule has 0 radical (unpaired) electrons. The second-order valence-electron chi connectivity index (χ2n) is 4.89. The number of rotatable bonds is 4. The van der Waals surface area contributed by atoms with Gasteiger partial charge in [0.2, 0.25) is 5.91 Å². The van der Waals surface area contributed by atoms with Gasteiger partial charge in [0, 0.05) is 19.0 Å². The third-order valence-electron chi connectivity index (χ3n) is 3.23. The van der Waals surface area contributed by atoms with E-state index in [2.05, 4.69) is 11.8 Å². The molecule has 2 rings (SSSR count). The predicted octanol–water partition coefficient (Wildman–Crippen LogP) is 0.120. The average molecular weight is 304 g/mol. The van der Waals surface area contributed by atoms with Crippen molar-refractivity contribution in [1.82, 2.24) is 0 Å². The Morgan fingerprint density at radius 2 is 2.32 bits per heavy atom. The predicted molar refractivity (Wildman–Crippen MR) is 82.7 cm³/mol. The zero-order chi connectivity index (χ0) is 15.9. The highest BCUT2D eigenvalue weighted by Gasteiger charge is 2.26. The van der Waals surface area contributed by atoms with Crippen molar-refractivity contribution in [2.24, 2.45) is 5.73 Å². The number of aliphatic hydroxyl groups is 1. The molecule has 0 saturated carbocycles. The van der Waals surface area contributed by atoms with Gasteiger partial charge in [-0.1, -0.05) is 11.8 Å². The summed E-state index contributed by atoms with van der Waals surface area (Å²) in [5, 5.41) is 8.59. The number of nitrogens with zero attached hydrogens (tertiary/aromatic N) is 1. The topological polar surface area (TPSA) is 85.0 Å². The van der Waals surface area contributed by atoms with Gasteiger partial charge < -0.3 is 25.2 Å². The van der Waals surface area contributed by atoms with Crippen molar-refractivity contribution in [2.75, 3.05) is 38.4 Å². The van der Waals surface area contributed by atoms with Crippen molar-refractivity contribution in [3.8, 4) is 17.6 Å². The quantitative estimate of drug-likeness (QED) is 0.609. The Kier molecular flexibility index (Phi) is 5.78. The van der Waals surface area contributed by atoms with Crippen LogP contribution in [0, 0.1) is 11.8 Å². The first kappa shape index (κ1) is 16.3. The number of amides is 1. The number of aliphatic hydroxyl groups excluding tert-OH is 1. The zero-order valence-electron chi connectivity index (χ0n) is 12.5. The van der Waals surface area contributed by atoms with Gasteiger partial charge in [-0.2, -0.15) is 0 Å². The molecular formula is C16H20N2O4. The molecule has 22 heavy (non-hydrogen) atoms. The molecule has 1 aromatic carbocycles. The Hall–Kier alpha value is -2.07. The van der Waals surface area contributed by atoms with Gasteiger partial charge in [0.05, 0.1) is 25.5 Å². The third-order valence-corrected chi connectivity index (χ3v) is 3.23. The number of fused-ring (bicyclic) bond motifs is 1. The molecule has 0 aliphatic carbocycles. The lowest BCUT2D eigenvalue weighted by molar-refractivity contribution is -0.119. The van der Waals surface area contributed by atoms with Crippen LogP contribution in [0.15, 0.2) is 18.2 Å². The van der Waals surface area contributed by atoms with Crippen LogP contribution in [0.1, 0.15) is 12.0 Å². The molecule has 6 nitrogen and oxygen atoms in total. The number of carbonyl (C=O) groups excluding carboxylic acids is 1. The number of likely N-dealkylation sites (N-methyl/N-ethyl adjacent to an activating group) is 1. The van der Waals surface area contributed by atoms with E-state index in [0.717, 1.165) is 5.56 Å². The molecule has 6 heteroatoms. The van der Waals surface area contributed by atoms with Gasteiger partial charge >= 0.3 is 0 Å². The summed E-state index contributed by atoms with van der Waals surface area (Å²) in [4.78, 5) is 13.5. The summed E-state index contributed by atoms with van der Waals surface area (Å²) in [5.74, 6) is 6.46. The monoisotopic (exact) mass is 304 g/mol. The zero-order valence-corrected chi connectivity index (χ0v) is 12.5. The Morgan fingerprint density at radius 3 is 3.09 bits per heavy atom. The van der Waals surface area contributed by atoms with E-state index in [9.17, 15) is 4.79 Å². The van der Waals surface area contributed by atoms with E-state index >= 15 is 0 Å². The van der Waals surface area contributed by atoms with Crippen molar-refractivity contribution in [1.29, 1.82) is 0 Å². The number of hydrogen-bond donors (Lipinski definition) is 2. The van der Waals surface area contributed by atoms with Gasteiger partial charge in [-0.05, 0) is 18.2 Å². The molecule has 0 bridgehead atoms. The van der Waals surface area contributed by atoms with Gasteiger partial charge in [-0.25, -0.2) is 0 Å². The Morgan fingerprint density at radius 1 is 1.50 bits per heavy atom. The van der Waals surface area contributed by atoms with Gasteiger partial charge in [-0.15, -0.1) is 0 Å². The fourth-order valence-electron chi connectivity index (χ4n) is 2.05. The lowest BCUT2D eigenvalue weighted by Gasteiger charge is -2.17. The second-order valence-corrected chi connectivity index (χ2v) is 4.89. The molecule has 118 valence electrons. The SMILES string of the molecule is CN1C(=O)[C@@H](N)COc2ccc(C#CCCOCCO)cc21. The van der Waals surface area contributed by atoms with E-state index in [0.29, 0.717) is 31.1 Å². The second kappa shape index (κ2) is 7.80. The minimum Gasteiger partial charge on any atom is -0.489 e. The number of ether oxygens (including phenoxy) is 2. The highest BCUT2D eigenvalue weighted by atomic mass is 16.5. The summed E-state index contributed by atoms with van der Waals surface area (Å²) in [6.45, 7) is 0.990. The summed E-state index contributed by atoms with van der Waals surface area (Å²) in [7, 11) is 1.68. The van der Waals surface area contributed by atoms with Gasteiger partial charge in [0.15, 0.2) is 0 Å². The van der Waals surface area contributed by atoms with E-state index in [4.69, 9.17) is 20.3 Å². The van der Waals surface area contributed by atoms with Crippen LogP contribution in [0.5, 0.6) is 5.75 Å². The van der Waals surface area contributed by atoms with E-state index in [1.165, 1.54) is 4.90 Å². The van der Waals surface area contributed by atoms with Crippen LogP contribution in [0.25, 0.3) is 0 Å². The summed E-state index contributed by atoms with van der Waals surface area (Å²) in [6, 6.07) is 4.79. The lowest BCUT2D eigenvalue weighted by atomic mass is 10.1. The largest absolute Gasteiger partial charge is 0.489 e.